The van der Waals surface area contributed by atoms with E-state index in [1.165, 1.54) is 43.1 Å². The quantitative estimate of drug-likeness (QED) is 0.542. The lowest BCUT2D eigenvalue weighted by Gasteiger charge is -2.18. The van der Waals surface area contributed by atoms with Gasteiger partial charge >= 0.3 is 5.97 Å². The van der Waals surface area contributed by atoms with Gasteiger partial charge in [-0.3, -0.25) is 4.79 Å². The minimum absolute atomic E-state index is 0.0281. The van der Waals surface area contributed by atoms with E-state index in [-0.39, 0.29) is 22.7 Å². The lowest BCUT2D eigenvalue weighted by Crippen LogP contribution is -2.27. The normalized spacial score (nSPS) is 11.4. The van der Waals surface area contributed by atoms with Crippen molar-refractivity contribution in [3.05, 3.63) is 81.1 Å². The van der Waals surface area contributed by atoms with Crippen molar-refractivity contribution in [3.8, 4) is 0 Å². The molecule has 0 bridgehead atoms. The highest BCUT2D eigenvalue weighted by Crippen LogP contribution is 2.30. The molecule has 3 rings (SSSR count). The molecule has 0 aliphatic carbocycles. The Labute approximate surface area is 189 Å². The Bertz CT molecular complexity index is 1270. The molecule has 1 aromatic heterocycles. The first-order valence-corrected chi connectivity index (χ1v) is 11.2. The fraction of sp³-hybridized carbons (Fsp3) is 0.143. The van der Waals surface area contributed by atoms with Gasteiger partial charge in [0.15, 0.2) is 0 Å². The van der Waals surface area contributed by atoms with Crippen LogP contribution in [0.25, 0.3) is 0 Å². The van der Waals surface area contributed by atoms with Crippen LogP contribution in [-0.2, 0) is 16.4 Å². The molecule has 7 nitrogen and oxygen atoms in total. The number of benzene rings is 2. The summed E-state index contributed by atoms with van der Waals surface area (Å²) in [5.74, 6) is -2.07. The number of aromatic amines is 1. The molecule has 0 atom stereocenters. The van der Waals surface area contributed by atoms with E-state index < -0.39 is 32.3 Å². The van der Waals surface area contributed by atoms with Crippen molar-refractivity contribution in [2.75, 3.05) is 7.05 Å². The molecule has 0 unspecified atom stereocenters. The number of nitrogens with zero attached hydrogens (tertiary/aromatic N) is 1. The molecule has 0 fully saturated rings. The van der Waals surface area contributed by atoms with Crippen molar-refractivity contribution in [1.82, 2.24) is 9.88 Å². The summed E-state index contributed by atoms with van der Waals surface area (Å²) >= 11 is 12.1. The van der Waals surface area contributed by atoms with Crippen LogP contribution in [0.5, 0.6) is 0 Å². The summed E-state index contributed by atoms with van der Waals surface area (Å²) in [7, 11) is -2.67. The second-order valence-corrected chi connectivity index (χ2v) is 9.58. The van der Waals surface area contributed by atoms with Crippen molar-refractivity contribution in [2.45, 2.75) is 23.3 Å². The maximum atomic E-state index is 13.1. The first kappa shape index (κ1) is 22.9. The van der Waals surface area contributed by atoms with Crippen LogP contribution >= 0.6 is 23.2 Å². The molecule has 10 heteroatoms. The second kappa shape index (κ2) is 8.74. The van der Waals surface area contributed by atoms with Gasteiger partial charge in [-0.15, -0.1) is 0 Å². The maximum absolute atomic E-state index is 13.1. The molecule has 0 radical (unpaired) electrons. The predicted octanol–water partition coefficient (Wildman–Crippen LogP) is 4.43. The van der Waals surface area contributed by atoms with Gasteiger partial charge in [0, 0.05) is 23.6 Å². The molecule has 162 valence electrons. The van der Waals surface area contributed by atoms with Gasteiger partial charge in [0.25, 0.3) is 5.91 Å². The highest BCUT2D eigenvalue weighted by Gasteiger charge is 2.33. The minimum atomic E-state index is -4.17. The number of amides is 1. The number of hydrogen-bond donors (Lipinski definition) is 2. The van der Waals surface area contributed by atoms with Crippen LogP contribution < -0.4 is 0 Å². The fourth-order valence-corrected chi connectivity index (χ4v) is 5.29. The zero-order chi connectivity index (χ0) is 22.9. The summed E-state index contributed by atoms with van der Waals surface area (Å²) in [6, 6.07) is 12.3. The summed E-state index contributed by atoms with van der Waals surface area (Å²) in [6.07, 6.45) is 0. The molecule has 3 aromatic rings. The van der Waals surface area contributed by atoms with Gasteiger partial charge in [0.1, 0.15) is 16.3 Å². The lowest BCUT2D eigenvalue weighted by atomic mass is 10.2. The Kier molecular flexibility index (Phi) is 6.45. The monoisotopic (exact) mass is 480 g/mol. The zero-order valence-electron chi connectivity index (χ0n) is 16.5. The Morgan fingerprint density at radius 1 is 1.06 bits per heavy atom. The Balaban J connectivity index is 2.03. The van der Waals surface area contributed by atoms with Gasteiger partial charge in [-0.05, 0) is 42.3 Å². The van der Waals surface area contributed by atoms with E-state index in [0.29, 0.717) is 15.6 Å². The molecule has 1 heterocycles. The van der Waals surface area contributed by atoms with Gasteiger partial charge < -0.3 is 15.0 Å². The highest BCUT2D eigenvalue weighted by molar-refractivity contribution is 7.91. The number of H-pyrrole nitrogens is 1. The molecular weight excluding hydrogens is 463 g/mol. The number of aromatic nitrogens is 1. The summed E-state index contributed by atoms with van der Waals surface area (Å²) < 4.78 is 26.2. The summed E-state index contributed by atoms with van der Waals surface area (Å²) in [5, 5.41) is 10.4. The number of carbonyl (C=O) groups excluding carboxylic acids is 1. The van der Waals surface area contributed by atoms with Crippen LogP contribution in [0.15, 0.2) is 58.3 Å². The number of carboxylic acids is 1. The molecule has 2 aromatic carbocycles. The van der Waals surface area contributed by atoms with Crippen molar-refractivity contribution < 1.29 is 23.1 Å². The van der Waals surface area contributed by atoms with Gasteiger partial charge in [-0.2, -0.15) is 0 Å². The molecule has 0 aliphatic rings. The van der Waals surface area contributed by atoms with Crippen molar-refractivity contribution in [2.24, 2.45) is 0 Å². The minimum Gasteiger partial charge on any atom is -0.477 e. The van der Waals surface area contributed by atoms with E-state index in [9.17, 15) is 23.1 Å². The molecule has 2 N–H and O–H groups in total. The van der Waals surface area contributed by atoms with Gasteiger partial charge in [0.2, 0.25) is 9.84 Å². The van der Waals surface area contributed by atoms with Crippen LogP contribution in [0, 0.1) is 6.92 Å². The number of aromatic carboxylic acids is 1. The highest BCUT2D eigenvalue weighted by atomic mass is 35.5. The van der Waals surface area contributed by atoms with E-state index in [1.807, 2.05) is 0 Å². The third-order valence-corrected chi connectivity index (χ3v) is 7.24. The Morgan fingerprint density at radius 2 is 1.71 bits per heavy atom. The van der Waals surface area contributed by atoms with Crippen LogP contribution in [0.1, 0.15) is 32.1 Å². The third kappa shape index (κ3) is 4.46. The van der Waals surface area contributed by atoms with Crippen LogP contribution in [0.2, 0.25) is 10.0 Å². The van der Waals surface area contributed by atoms with Crippen LogP contribution in [0.4, 0.5) is 0 Å². The second-order valence-electron chi connectivity index (χ2n) is 6.85. The van der Waals surface area contributed by atoms with Crippen molar-refractivity contribution in [1.29, 1.82) is 0 Å². The van der Waals surface area contributed by atoms with E-state index >= 15 is 0 Å². The van der Waals surface area contributed by atoms with E-state index in [1.54, 1.807) is 24.3 Å². The number of carbonyl (C=O) groups is 2. The summed E-state index contributed by atoms with van der Waals surface area (Å²) in [6.45, 7) is 1.51. The number of halogens is 2. The lowest BCUT2D eigenvalue weighted by molar-refractivity contribution is 0.0686. The van der Waals surface area contributed by atoms with Crippen molar-refractivity contribution >= 4 is 44.9 Å². The first-order chi connectivity index (χ1) is 14.5. The number of hydrogen-bond acceptors (Lipinski definition) is 4. The first-order valence-electron chi connectivity index (χ1n) is 8.99. The topological polar surface area (TPSA) is 108 Å². The molecular formula is C21H18Cl2N2O5S. The smallest absolute Gasteiger partial charge is 0.353 e. The maximum Gasteiger partial charge on any atom is 0.353 e. The van der Waals surface area contributed by atoms with Gasteiger partial charge in [-0.25, -0.2) is 13.2 Å². The standard InChI is InChI=1S/C21H18Cl2N2O5S/c1-12-17(20(26)25(2)11-13-8-9-14(22)10-16(13)23)24-18(21(27)28)19(12)31(29,30)15-6-4-3-5-7-15/h3-10,24H,11H2,1-2H3,(H,27,28). The molecule has 0 aliphatic heterocycles. The number of rotatable bonds is 6. The predicted molar refractivity (Wildman–Crippen MR) is 117 cm³/mol. The van der Waals surface area contributed by atoms with E-state index in [4.69, 9.17) is 23.2 Å². The molecule has 31 heavy (non-hydrogen) atoms. The molecule has 1 amide bonds. The van der Waals surface area contributed by atoms with E-state index in [2.05, 4.69) is 4.98 Å². The number of nitrogens with one attached hydrogen (secondary N) is 1. The Hall–Kier alpha value is -2.81. The summed E-state index contributed by atoms with van der Waals surface area (Å²) in [4.78, 5) is 28.1. The van der Waals surface area contributed by atoms with Gasteiger partial charge in [-0.1, -0.05) is 47.5 Å². The average Bonchev–Trinajstić information content (AvgIpc) is 3.08. The largest absolute Gasteiger partial charge is 0.477 e. The van der Waals surface area contributed by atoms with Crippen LogP contribution in [-0.4, -0.2) is 42.3 Å². The molecule has 0 saturated heterocycles. The molecule has 0 saturated carbocycles. The third-order valence-electron chi connectivity index (χ3n) is 4.71. The van der Waals surface area contributed by atoms with E-state index in [0.717, 1.165) is 0 Å². The van der Waals surface area contributed by atoms with Gasteiger partial charge in [0.05, 0.1) is 4.90 Å². The molecule has 0 spiro atoms. The number of carboxylic acid groups (broad SMARTS) is 1. The fourth-order valence-electron chi connectivity index (χ4n) is 3.16. The number of sulfone groups is 1. The SMILES string of the molecule is Cc1c(C(=O)N(C)Cc2ccc(Cl)cc2Cl)[nH]c(C(=O)O)c1S(=O)(=O)c1ccccc1. The average molecular weight is 481 g/mol. The summed E-state index contributed by atoms with van der Waals surface area (Å²) in [5.41, 5.74) is -0.0378. The Morgan fingerprint density at radius 3 is 2.29 bits per heavy atom. The zero-order valence-corrected chi connectivity index (χ0v) is 18.8. The van der Waals surface area contributed by atoms with Crippen LogP contribution in [0.3, 0.4) is 0 Å². The van der Waals surface area contributed by atoms with Crippen molar-refractivity contribution in [3.63, 3.8) is 0 Å².